The number of hydrogen-bond donors (Lipinski definition) is 1. The number of nitrogens with zero attached hydrogens (tertiary/aromatic N) is 1. The van der Waals surface area contributed by atoms with Crippen LogP contribution in [0.5, 0.6) is 0 Å². The Bertz CT molecular complexity index is 643. The molecule has 2 aromatic carbocycles. The molecule has 0 aromatic heterocycles. The lowest BCUT2D eigenvalue weighted by molar-refractivity contribution is -0.384. The summed E-state index contributed by atoms with van der Waals surface area (Å²) in [6.07, 6.45) is 0. The number of rotatable bonds is 3. The summed E-state index contributed by atoms with van der Waals surface area (Å²) in [5, 5.41) is 10.2. The van der Waals surface area contributed by atoms with Crippen LogP contribution in [0, 0.1) is 10.1 Å². The molecule has 22 heavy (non-hydrogen) atoms. The third kappa shape index (κ3) is 5.16. The summed E-state index contributed by atoms with van der Waals surface area (Å²) < 4.78 is 0. The first-order valence-corrected chi connectivity index (χ1v) is 6.43. The summed E-state index contributed by atoms with van der Waals surface area (Å²) in [6.45, 7) is 2.95. The van der Waals surface area contributed by atoms with Gasteiger partial charge in [0.15, 0.2) is 11.6 Å². The molecular formula is C16H16N2O4. The largest absolute Gasteiger partial charge is 0.399 e. The van der Waals surface area contributed by atoms with Gasteiger partial charge in [0.05, 0.1) is 4.92 Å². The van der Waals surface area contributed by atoms with Crippen LogP contribution in [0.25, 0.3) is 0 Å². The first-order valence-electron chi connectivity index (χ1n) is 6.43. The molecule has 6 nitrogen and oxygen atoms in total. The highest BCUT2D eigenvalue weighted by Crippen LogP contribution is 2.11. The second kappa shape index (κ2) is 7.68. The van der Waals surface area contributed by atoms with E-state index in [9.17, 15) is 19.7 Å². The zero-order chi connectivity index (χ0) is 16.7. The lowest BCUT2D eigenvalue weighted by Crippen LogP contribution is -1.92. The van der Waals surface area contributed by atoms with Crippen molar-refractivity contribution in [1.82, 2.24) is 0 Å². The smallest absolute Gasteiger partial charge is 0.269 e. The molecule has 0 heterocycles. The van der Waals surface area contributed by atoms with E-state index in [-0.39, 0.29) is 17.3 Å². The van der Waals surface area contributed by atoms with Gasteiger partial charge in [-0.2, -0.15) is 0 Å². The van der Waals surface area contributed by atoms with E-state index in [0.29, 0.717) is 16.8 Å². The number of nitro groups is 1. The van der Waals surface area contributed by atoms with Gasteiger partial charge in [-0.15, -0.1) is 0 Å². The number of hydrogen-bond acceptors (Lipinski definition) is 5. The number of benzene rings is 2. The number of nitro benzene ring substituents is 1. The molecule has 2 N–H and O–H groups in total. The third-order valence-electron chi connectivity index (χ3n) is 2.80. The Balaban J connectivity index is 0.000000224. The van der Waals surface area contributed by atoms with Gasteiger partial charge in [-0.1, -0.05) is 0 Å². The number of non-ortho nitro benzene ring substituents is 1. The minimum atomic E-state index is -0.496. The van der Waals surface area contributed by atoms with Crippen molar-refractivity contribution in [2.45, 2.75) is 13.8 Å². The fourth-order valence-electron chi connectivity index (χ4n) is 1.54. The molecule has 0 aliphatic carbocycles. The van der Waals surface area contributed by atoms with Crippen LogP contribution in [-0.4, -0.2) is 16.5 Å². The van der Waals surface area contributed by atoms with Crippen molar-refractivity contribution in [3.05, 3.63) is 69.8 Å². The van der Waals surface area contributed by atoms with Crippen LogP contribution in [0.4, 0.5) is 11.4 Å². The second-order valence-electron chi connectivity index (χ2n) is 4.54. The van der Waals surface area contributed by atoms with Crippen LogP contribution in [0.2, 0.25) is 0 Å². The fourth-order valence-corrected chi connectivity index (χ4v) is 1.54. The normalized spacial score (nSPS) is 9.36. The Labute approximate surface area is 127 Å². The average molecular weight is 300 g/mol. The van der Waals surface area contributed by atoms with E-state index in [1.54, 1.807) is 24.3 Å². The highest BCUT2D eigenvalue weighted by molar-refractivity contribution is 5.94. The topological polar surface area (TPSA) is 103 Å². The summed E-state index contributed by atoms with van der Waals surface area (Å²) in [4.78, 5) is 31.2. The fraction of sp³-hybridized carbons (Fsp3) is 0.125. The van der Waals surface area contributed by atoms with Gasteiger partial charge in [0.1, 0.15) is 0 Å². The van der Waals surface area contributed by atoms with Crippen molar-refractivity contribution >= 4 is 22.9 Å². The summed E-state index contributed by atoms with van der Waals surface area (Å²) in [7, 11) is 0. The molecule has 0 spiro atoms. The van der Waals surface area contributed by atoms with E-state index in [0.717, 1.165) is 0 Å². The Morgan fingerprint density at radius 2 is 1.23 bits per heavy atom. The zero-order valence-electron chi connectivity index (χ0n) is 12.3. The van der Waals surface area contributed by atoms with E-state index in [1.807, 2.05) is 0 Å². The zero-order valence-corrected chi connectivity index (χ0v) is 12.3. The van der Waals surface area contributed by atoms with Crippen molar-refractivity contribution in [3.63, 3.8) is 0 Å². The van der Waals surface area contributed by atoms with Gasteiger partial charge < -0.3 is 5.73 Å². The molecule has 0 atom stereocenters. The highest BCUT2D eigenvalue weighted by atomic mass is 16.6. The van der Waals surface area contributed by atoms with E-state index in [4.69, 9.17) is 5.73 Å². The Morgan fingerprint density at radius 1 is 0.864 bits per heavy atom. The average Bonchev–Trinajstić information content (AvgIpc) is 2.48. The standard InChI is InChI=1S/C8H7NO3.C8H9NO/c1-6(10)7-2-4-8(5-3-7)9(11)12;1-6(10)7-2-4-8(9)5-3-7/h2-5H,1H3;2-5H,9H2,1H3. The predicted octanol–water partition coefficient (Wildman–Crippen LogP) is 3.27. The molecule has 0 saturated heterocycles. The van der Waals surface area contributed by atoms with E-state index < -0.39 is 4.92 Å². The van der Waals surface area contributed by atoms with Crippen molar-refractivity contribution < 1.29 is 14.5 Å². The van der Waals surface area contributed by atoms with Crippen LogP contribution in [0.15, 0.2) is 48.5 Å². The highest BCUT2D eigenvalue weighted by Gasteiger charge is 2.05. The van der Waals surface area contributed by atoms with Crippen molar-refractivity contribution in [2.24, 2.45) is 0 Å². The quantitative estimate of drug-likeness (QED) is 0.405. The molecule has 0 bridgehead atoms. The molecule has 2 aromatic rings. The molecule has 0 radical (unpaired) electrons. The van der Waals surface area contributed by atoms with Gasteiger partial charge in [-0.25, -0.2) is 0 Å². The Kier molecular flexibility index (Phi) is 5.95. The molecule has 0 unspecified atom stereocenters. The lowest BCUT2D eigenvalue weighted by atomic mass is 10.1. The Hall–Kier alpha value is -3.02. The van der Waals surface area contributed by atoms with Crippen LogP contribution in [-0.2, 0) is 0 Å². The summed E-state index contributed by atoms with van der Waals surface area (Å²) >= 11 is 0. The molecule has 2 rings (SSSR count). The third-order valence-corrected chi connectivity index (χ3v) is 2.80. The van der Waals surface area contributed by atoms with E-state index in [2.05, 4.69) is 0 Å². The Morgan fingerprint density at radius 3 is 1.55 bits per heavy atom. The van der Waals surface area contributed by atoms with Gasteiger partial charge in [-0.05, 0) is 50.2 Å². The number of carbonyl (C=O) groups excluding carboxylic acids is 2. The van der Waals surface area contributed by atoms with Crippen LogP contribution in [0.1, 0.15) is 34.6 Å². The second-order valence-corrected chi connectivity index (χ2v) is 4.54. The van der Waals surface area contributed by atoms with E-state index >= 15 is 0 Å². The number of carbonyl (C=O) groups is 2. The maximum absolute atomic E-state index is 10.8. The molecular weight excluding hydrogens is 284 g/mol. The predicted molar refractivity (Wildman–Crippen MR) is 84.0 cm³/mol. The molecule has 0 amide bonds. The molecule has 6 heteroatoms. The molecule has 0 fully saturated rings. The molecule has 114 valence electrons. The number of nitrogens with two attached hydrogens (primary N) is 1. The number of nitrogen functional groups attached to an aromatic ring is 1. The van der Waals surface area contributed by atoms with Gasteiger partial charge >= 0.3 is 0 Å². The van der Waals surface area contributed by atoms with Gasteiger partial charge in [0.2, 0.25) is 0 Å². The van der Waals surface area contributed by atoms with Gasteiger partial charge in [0.25, 0.3) is 5.69 Å². The minimum Gasteiger partial charge on any atom is -0.399 e. The monoisotopic (exact) mass is 300 g/mol. The van der Waals surface area contributed by atoms with Crippen molar-refractivity contribution in [1.29, 1.82) is 0 Å². The SMILES string of the molecule is CC(=O)c1ccc(N)cc1.CC(=O)c1ccc([N+](=O)[O-])cc1. The first kappa shape index (κ1) is 17.0. The molecule has 0 aliphatic rings. The summed E-state index contributed by atoms with van der Waals surface area (Å²) in [5.74, 6) is -0.0232. The van der Waals surface area contributed by atoms with Crippen molar-refractivity contribution in [3.8, 4) is 0 Å². The number of Topliss-reactive ketones (excluding diaryl/α,β-unsaturated/α-hetero) is 2. The van der Waals surface area contributed by atoms with Gasteiger partial charge in [0, 0.05) is 28.9 Å². The number of ketones is 2. The van der Waals surface area contributed by atoms with E-state index in [1.165, 1.54) is 38.1 Å². The minimum absolute atomic E-state index is 0.000000000000000222. The van der Waals surface area contributed by atoms with Gasteiger partial charge in [-0.3, -0.25) is 19.7 Å². The summed E-state index contributed by atoms with van der Waals surface area (Å²) in [6, 6.07) is 12.4. The van der Waals surface area contributed by atoms with Crippen LogP contribution in [0.3, 0.4) is 0 Å². The molecule has 0 aliphatic heterocycles. The van der Waals surface area contributed by atoms with Crippen LogP contribution >= 0.6 is 0 Å². The first-order chi connectivity index (χ1) is 10.3. The maximum Gasteiger partial charge on any atom is 0.269 e. The maximum atomic E-state index is 10.8. The van der Waals surface area contributed by atoms with Crippen LogP contribution < -0.4 is 5.73 Å². The lowest BCUT2D eigenvalue weighted by Gasteiger charge is -1.94. The molecule has 0 saturated carbocycles. The van der Waals surface area contributed by atoms with Crippen molar-refractivity contribution in [2.75, 3.05) is 5.73 Å². The number of anilines is 1. The summed E-state index contributed by atoms with van der Waals surface area (Å²) in [5.41, 5.74) is 7.29.